The number of sulfone groups is 1. The molecular weight excluding hydrogens is 393 g/mol. The van der Waals surface area contributed by atoms with Gasteiger partial charge in [0.25, 0.3) is 0 Å². The van der Waals surface area contributed by atoms with Crippen molar-refractivity contribution in [1.82, 2.24) is 14.8 Å². The van der Waals surface area contributed by atoms with Gasteiger partial charge in [-0.25, -0.2) is 13.4 Å². The minimum atomic E-state index is -4.58. The predicted molar refractivity (Wildman–Crippen MR) is 88.6 cm³/mol. The van der Waals surface area contributed by atoms with E-state index in [2.05, 4.69) is 15.4 Å². The van der Waals surface area contributed by atoms with E-state index in [9.17, 15) is 26.4 Å². The first kappa shape index (κ1) is 18.3. The summed E-state index contributed by atoms with van der Waals surface area (Å²) in [5.41, 5.74) is -0.588. The minimum Gasteiger partial charge on any atom is -0.300 e. The number of carbonyl (C=O) groups excluding carboxylic acids is 1. The standard InChI is InChI=1S/C14H11F3N4O3S2/c1-26(23,24)8-2-3-9-10(6-8)25-13(18-9)19-12(22)7-21-5-4-11(20-21)14(15,16)17/h2-6H,7H2,1H3,(H,18,19,22). The smallest absolute Gasteiger partial charge is 0.300 e. The van der Waals surface area contributed by atoms with Crippen LogP contribution in [0, 0.1) is 0 Å². The van der Waals surface area contributed by atoms with Crippen LogP contribution >= 0.6 is 11.3 Å². The molecule has 0 aliphatic rings. The normalized spacial score (nSPS) is 12.5. The molecule has 1 amide bonds. The van der Waals surface area contributed by atoms with Crippen molar-refractivity contribution in [2.24, 2.45) is 0 Å². The van der Waals surface area contributed by atoms with Gasteiger partial charge in [0.1, 0.15) is 6.54 Å². The molecule has 0 aliphatic heterocycles. The van der Waals surface area contributed by atoms with Crippen LogP contribution in [0.2, 0.25) is 0 Å². The third kappa shape index (κ3) is 4.02. The number of carbonyl (C=O) groups is 1. The number of thiazole rings is 1. The van der Waals surface area contributed by atoms with Gasteiger partial charge in [-0.2, -0.15) is 18.3 Å². The lowest BCUT2D eigenvalue weighted by molar-refractivity contribution is -0.141. The molecule has 2 heterocycles. The number of rotatable bonds is 4. The number of benzene rings is 1. The van der Waals surface area contributed by atoms with E-state index in [1.807, 2.05) is 0 Å². The highest BCUT2D eigenvalue weighted by molar-refractivity contribution is 7.90. The molecule has 3 aromatic rings. The average Bonchev–Trinajstić information content (AvgIpc) is 3.10. The third-order valence-electron chi connectivity index (χ3n) is 3.27. The molecule has 138 valence electrons. The van der Waals surface area contributed by atoms with Gasteiger partial charge < -0.3 is 5.32 Å². The second-order valence-corrected chi connectivity index (χ2v) is 8.41. The van der Waals surface area contributed by atoms with Crippen LogP contribution in [0.1, 0.15) is 5.69 Å². The summed E-state index contributed by atoms with van der Waals surface area (Å²) in [6, 6.07) is 5.14. The van der Waals surface area contributed by atoms with Crippen molar-refractivity contribution in [2.75, 3.05) is 11.6 Å². The summed E-state index contributed by atoms with van der Waals surface area (Å²) in [5, 5.41) is 5.96. The molecule has 12 heteroatoms. The van der Waals surface area contributed by atoms with Crippen LogP contribution in [0.3, 0.4) is 0 Å². The zero-order valence-electron chi connectivity index (χ0n) is 13.1. The van der Waals surface area contributed by atoms with Crippen molar-refractivity contribution in [3.8, 4) is 0 Å². The number of hydrogen-bond donors (Lipinski definition) is 1. The number of halogens is 3. The van der Waals surface area contributed by atoms with Gasteiger partial charge in [-0.15, -0.1) is 0 Å². The Hall–Kier alpha value is -2.47. The number of alkyl halides is 3. The summed E-state index contributed by atoms with van der Waals surface area (Å²) in [6.07, 6.45) is -2.44. The van der Waals surface area contributed by atoms with Crippen molar-refractivity contribution < 1.29 is 26.4 Å². The number of hydrogen-bond acceptors (Lipinski definition) is 6. The third-order valence-corrected chi connectivity index (χ3v) is 5.31. The predicted octanol–water partition coefficient (Wildman–Crippen LogP) is 2.55. The summed E-state index contributed by atoms with van der Waals surface area (Å²) in [6.45, 7) is -0.416. The highest BCUT2D eigenvalue weighted by Gasteiger charge is 2.33. The summed E-state index contributed by atoms with van der Waals surface area (Å²) in [7, 11) is -3.37. The number of aromatic nitrogens is 3. The number of fused-ring (bicyclic) bond motifs is 1. The molecule has 0 saturated heterocycles. The number of nitrogens with zero attached hydrogens (tertiary/aromatic N) is 3. The van der Waals surface area contributed by atoms with Crippen molar-refractivity contribution in [3.05, 3.63) is 36.2 Å². The van der Waals surface area contributed by atoms with E-state index in [1.165, 1.54) is 18.2 Å². The molecule has 0 unspecified atom stereocenters. The van der Waals surface area contributed by atoms with Gasteiger partial charge in [0.15, 0.2) is 20.7 Å². The second kappa shape index (κ2) is 6.36. The van der Waals surface area contributed by atoms with Gasteiger partial charge in [-0.3, -0.25) is 9.48 Å². The number of amides is 1. The molecule has 0 radical (unpaired) electrons. The molecule has 0 atom stereocenters. The van der Waals surface area contributed by atoms with Crippen molar-refractivity contribution in [3.63, 3.8) is 0 Å². The lowest BCUT2D eigenvalue weighted by atomic mass is 10.3. The molecule has 26 heavy (non-hydrogen) atoms. The van der Waals surface area contributed by atoms with Gasteiger partial charge >= 0.3 is 6.18 Å². The Morgan fingerprint density at radius 2 is 2.04 bits per heavy atom. The molecule has 0 saturated carbocycles. The lowest BCUT2D eigenvalue weighted by Gasteiger charge is -2.03. The van der Waals surface area contributed by atoms with Crippen LogP contribution in [0.4, 0.5) is 18.3 Å². The van der Waals surface area contributed by atoms with Crippen molar-refractivity contribution >= 4 is 42.4 Å². The summed E-state index contributed by atoms with van der Waals surface area (Å²) >= 11 is 1.06. The quantitative estimate of drug-likeness (QED) is 0.721. The molecule has 0 fully saturated rings. The Labute approximate surface area is 149 Å². The largest absolute Gasteiger partial charge is 0.435 e. The topological polar surface area (TPSA) is 94.0 Å². The first-order chi connectivity index (χ1) is 12.0. The highest BCUT2D eigenvalue weighted by atomic mass is 32.2. The molecule has 1 aromatic carbocycles. The van der Waals surface area contributed by atoms with Crippen LogP contribution in [0.25, 0.3) is 10.2 Å². The minimum absolute atomic E-state index is 0.128. The fraction of sp³-hybridized carbons (Fsp3) is 0.214. The number of anilines is 1. The van der Waals surface area contributed by atoms with Crippen LogP contribution in [-0.4, -0.2) is 35.3 Å². The maximum Gasteiger partial charge on any atom is 0.435 e. The Balaban J connectivity index is 1.74. The van der Waals surface area contributed by atoms with E-state index in [0.717, 1.165) is 34.5 Å². The summed E-state index contributed by atoms with van der Waals surface area (Å²) in [5.74, 6) is -0.607. The van der Waals surface area contributed by atoms with Crippen LogP contribution < -0.4 is 5.32 Å². The van der Waals surface area contributed by atoms with E-state index in [4.69, 9.17) is 0 Å². The lowest BCUT2D eigenvalue weighted by Crippen LogP contribution is -2.19. The van der Waals surface area contributed by atoms with E-state index in [-0.39, 0.29) is 10.0 Å². The van der Waals surface area contributed by atoms with Crippen LogP contribution in [0.15, 0.2) is 35.4 Å². The molecule has 0 bridgehead atoms. The molecular formula is C14H11F3N4O3S2. The molecule has 0 spiro atoms. The van der Waals surface area contributed by atoms with Crippen molar-refractivity contribution in [1.29, 1.82) is 0 Å². The number of nitrogens with one attached hydrogen (secondary N) is 1. The van der Waals surface area contributed by atoms with Gasteiger partial charge in [-0.05, 0) is 24.3 Å². The fourth-order valence-electron chi connectivity index (χ4n) is 2.10. The van der Waals surface area contributed by atoms with Gasteiger partial charge in [0.05, 0.1) is 15.1 Å². The maximum absolute atomic E-state index is 12.5. The Morgan fingerprint density at radius 1 is 1.31 bits per heavy atom. The summed E-state index contributed by atoms with van der Waals surface area (Å²) in [4.78, 5) is 16.2. The summed E-state index contributed by atoms with van der Waals surface area (Å²) < 4.78 is 62.0. The van der Waals surface area contributed by atoms with Gasteiger partial charge in [0, 0.05) is 12.5 Å². The zero-order chi connectivity index (χ0) is 19.1. The zero-order valence-corrected chi connectivity index (χ0v) is 14.7. The first-order valence-electron chi connectivity index (χ1n) is 7.03. The Morgan fingerprint density at radius 3 is 2.65 bits per heavy atom. The maximum atomic E-state index is 12.5. The fourth-order valence-corrected chi connectivity index (χ4v) is 3.74. The molecule has 1 N–H and O–H groups in total. The average molecular weight is 404 g/mol. The van der Waals surface area contributed by atoms with Crippen LogP contribution in [0.5, 0.6) is 0 Å². The molecule has 2 aromatic heterocycles. The van der Waals surface area contributed by atoms with E-state index < -0.39 is 34.2 Å². The molecule has 3 rings (SSSR count). The highest BCUT2D eigenvalue weighted by Crippen LogP contribution is 2.29. The first-order valence-corrected chi connectivity index (χ1v) is 9.74. The monoisotopic (exact) mass is 404 g/mol. The van der Waals surface area contributed by atoms with Gasteiger partial charge in [0.2, 0.25) is 5.91 Å². The SMILES string of the molecule is CS(=O)(=O)c1ccc2nc(NC(=O)Cn3ccc(C(F)(F)F)n3)sc2c1. The van der Waals surface area contributed by atoms with E-state index in [0.29, 0.717) is 10.2 Å². The Bertz CT molecular complexity index is 1090. The van der Waals surface area contributed by atoms with E-state index in [1.54, 1.807) is 0 Å². The second-order valence-electron chi connectivity index (χ2n) is 5.37. The Kier molecular flexibility index (Phi) is 4.48. The molecule has 0 aliphatic carbocycles. The van der Waals surface area contributed by atoms with E-state index >= 15 is 0 Å². The van der Waals surface area contributed by atoms with Gasteiger partial charge in [-0.1, -0.05) is 11.3 Å². The molecule has 7 nitrogen and oxygen atoms in total. The van der Waals surface area contributed by atoms with Crippen molar-refractivity contribution in [2.45, 2.75) is 17.6 Å². The van der Waals surface area contributed by atoms with Crippen LogP contribution in [-0.2, 0) is 27.4 Å².